The van der Waals surface area contributed by atoms with Gasteiger partial charge in [-0.2, -0.15) is 0 Å². The Morgan fingerprint density at radius 3 is 2.58 bits per heavy atom. The number of nitrogens with one attached hydrogen (secondary N) is 2. The Balaban J connectivity index is 0.00000338. The molecule has 2 rings (SSSR count). The van der Waals surface area contributed by atoms with Crippen molar-refractivity contribution >= 4 is 35.8 Å². The number of ether oxygens (including phenoxy) is 1. The van der Waals surface area contributed by atoms with Crippen molar-refractivity contribution < 1.29 is 9.53 Å². The van der Waals surface area contributed by atoms with E-state index in [1.54, 1.807) is 7.05 Å². The minimum Gasteiger partial charge on any atom is -0.379 e. The molecule has 0 aliphatic heterocycles. The zero-order chi connectivity index (χ0) is 17.9. The summed E-state index contributed by atoms with van der Waals surface area (Å²) in [6, 6.07) is 9.26. The number of likely N-dealkylation sites (N-methyl/N-ethyl adjacent to an activating group) is 1. The van der Waals surface area contributed by atoms with Crippen LogP contribution in [0.15, 0.2) is 35.3 Å². The monoisotopic (exact) mass is 474 g/mol. The first-order valence-corrected chi connectivity index (χ1v) is 9.03. The van der Waals surface area contributed by atoms with Crippen molar-refractivity contribution in [1.29, 1.82) is 0 Å². The third-order valence-corrected chi connectivity index (χ3v) is 4.15. The molecule has 0 spiro atoms. The normalized spacial score (nSPS) is 13.7. The van der Waals surface area contributed by atoms with Crippen molar-refractivity contribution in [3.8, 4) is 0 Å². The number of amides is 1. The van der Waals surface area contributed by atoms with Crippen molar-refractivity contribution in [2.24, 2.45) is 10.9 Å². The molecule has 1 aromatic rings. The molecule has 1 aliphatic rings. The lowest BCUT2D eigenvalue weighted by atomic mass is 10.2. The number of nitrogens with zero attached hydrogens (tertiary/aromatic N) is 2. The highest BCUT2D eigenvalue weighted by Crippen LogP contribution is 2.28. The number of rotatable bonds is 10. The Bertz CT molecular complexity index is 550. The molecule has 146 valence electrons. The predicted octanol–water partition coefficient (Wildman–Crippen LogP) is 2.36. The van der Waals surface area contributed by atoms with Gasteiger partial charge in [-0.25, -0.2) is 0 Å². The molecule has 0 unspecified atom stereocenters. The SMILES string of the molecule is CN=C(NCCCNC(=O)c1ccccc1)N(C)CCOCC1CC1.I. The molecule has 0 atom stereocenters. The molecule has 0 heterocycles. The molecule has 1 aliphatic carbocycles. The summed E-state index contributed by atoms with van der Waals surface area (Å²) in [5.74, 6) is 1.62. The van der Waals surface area contributed by atoms with Gasteiger partial charge in [0.1, 0.15) is 0 Å². The van der Waals surface area contributed by atoms with Crippen LogP contribution in [0, 0.1) is 5.92 Å². The topological polar surface area (TPSA) is 66.0 Å². The third kappa shape index (κ3) is 8.84. The highest BCUT2D eigenvalue weighted by molar-refractivity contribution is 14.0. The standard InChI is InChI=1S/C19H30N4O2.HI/c1-20-19(23(2)13-14-25-15-16-9-10-16)22-12-6-11-21-18(24)17-7-4-3-5-8-17;/h3-5,7-8,16H,6,9-15H2,1-2H3,(H,20,22)(H,21,24);1H. The molecule has 2 N–H and O–H groups in total. The van der Waals surface area contributed by atoms with E-state index >= 15 is 0 Å². The molecular weight excluding hydrogens is 443 g/mol. The van der Waals surface area contributed by atoms with Gasteiger partial charge in [-0.1, -0.05) is 18.2 Å². The van der Waals surface area contributed by atoms with E-state index in [0.717, 1.165) is 44.6 Å². The second-order valence-corrected chi connectivity index (χ2v) is 6.39. The van der Waals surface area contributed by atoms with Crippen LogP contribution in [0.4, 0.5) is 0 Å². The Kier molecular flexibility index (Phi) is 11.3. The summed E-state index contributed by atoms with van der Waals surface area (Å²) in [7, 11) is 3.79. The van der Waals surface area contributed by atoms with E-state index in [1.807, 2.05) is 37.4 Å². The number of benzene rings is 1. The summed E-state index contributed by atoms with van der Waals surface area (Å²) >= 11 is 0. The van der Waals surface area contributed by atoms with Crippen molar-refractivity contribution in [3.05, 3.63) is 35.9 Å². The average Bonchev–Trinajstić information content (AvgIpc) is 3.46. The van der Waals surface area contributed by atoms with Crippen LogP contribution in [0.25, 0.3) is 0 Å². The molecule has 1 amide bonds. The lowest BCUT2D eigenvalue weighted by Gasteiger charge is -2.22. The van der Waals surface area contributed by atoms with Crippen LogP contribution in [-0.4, -0.2) is 63.7 Å². The molecule has 1 aromatic carbocycles. The maximum absolute atomic E-state index is 11.9. The first-order chi connectivity index (χ1) is 12.2. The second kappa shape index (κ2) is 12.9. The van der Waals surface area contributed by atoms with Crippen molar-refractivity contribution in [2.75, 3.05) is 46.9 Å². The van der Waals surface area contributed by atoms with Crippen LogP contribution < -0.4 is 10.6 Å². The Labute approximate surface area is 173 Å². The average molecular weight is 474 g/mol. The highest BCUT2D eigenvalue weighted by Gasteiger charge is 2.21. The summed E-state index contributed by atoms with van der Waals surface area (Å²) in [6.07, 6.45) is 3.48. The molecule has 0 aromatic heterocycles. The Morgan fingerprint density at radius 2 is 1.92 bits per heavy atom. The fourth-order valence-electron chi connectivity index (χ4n) is 2.41. The number of carbonyl (C=O) groups excluding carboxylic acids is 1. The summed E-state index contributed by atoms with van der Waals surface area (Å²) in [4.78, 5) is 18.3. The lowest BCUT2D eigenvalue weighted by molar-refractivity contribution is 0.0953. The molecule has 1 saturated carbocycles. The van der Waals surface area contributed by atoms with Gasteiger partial charge in [0.05, 0.1) is 6.61 Å². The van der Waals surface area contributed by atoms with Crippen LogP contribution in [0.3, 0.4) is 0 Å². The molecule has 7 heteroatoms. The molecular formula is C19H31IN4O2. The predicted molar refractivity (Wildman–Crippen MR) is 116 cm³/mol. The second-order valence-electron chi connectivity index (χ2n) is 6.39. The number of hydrogen-bond acceptors (Lipinski definition) is 3. The van der Waals surface area contributed by atoms with E-state index in [-0.39, 0.29) is 29.9 Å². The van der Waals surface area contributed by atoms with Gasteiger partial charge < -0.3 is 20.3 Å². The highest BCUT2D eigenvalue weighted by atomic mass is 127. The van der Waals surface area contributed by atoms with Gasteiger partial charge in [-0.15, -0.1) is 24.0 Å². The van der Waals surface area contributed by atoms with E-state index in [2.05, 4.69) is 20.5 Å². The zero-order valence-corrected chi connectivity index (χ0v) is 18.1. The molecule has 0 bridgehead atoms. The van der Waals surface area contributed by atoms with Gasteiger partial charge in [0.15, 0.2) is 5.96 Å². The molecule has 0 radical (unpaired) electrons. The minimum atomic E-state index is -0.0325. The maximum atomic E-state index is 11.9. The summed E-state index contributed by atoms with van der Waals surface area (Å²) in [5, 5.41) is 6.24. The molecule has 6 nitrogen and oxygen atoms in total. The van der Waals surface area contributed by atoms with Crippen LogP contribution >= 0.6 is 24.0 Å². The largest absolute Gasteiger partial charge is 0.379 e. The summed E-state index contributed by atoms with van der Waals surface area (Å²) < 4.78 is 5.66. The number of halogens is 1. The Morgan fingerprint density at radius 1 is 1.23 bits per heavy atom. The number of aliphatic imine (C=N–C) groups is 1. The smallest absolute Gasteiger partial charge is 0.251 e. The lowest BCUT2D eigenvalue weighted by Crippen LogP contribution is -2.41. The first-order valence-electron chi connectivity index (χ1n) is 9.03. The fourth-order valence-corrected chi connectivity index (χ4v) is 2.41. The van der Waals surface area contributed by atoms with Crippen LogP contribution in [0.2, 0.25) is 0 Å². The molecule has 0 saturated heterocycles. The van der Waals surface area contributed by atoms with Gasteiger partial charge >= 0.3 is 0 Å². The van der Waals surface area contributed by atoms with Crippen LogP contribution in [0.5, 0.6) is 0 Å². The van der Waals surface area contributed by atoms with Crippen molar-refractivity contribution in [3.63, 3.8) is 0 Å². The van der Waals surface area contributed by atoms with Crippen molar-refractivity contribution in [2.45, 2.75) is 19.3 Å². The van der Waals surface area contributed by atoms with E-state index in [4.69, 9.17) is 4.74 Å². The Hall–Kier alpha value is -1.35. The summed E-state index contributed by atoms with van der Waals surface area (Å²) in [5.41, 5.74) is 0.692. The van der Waals surface area contributed by atoms with E-state index < -0.39 is 0 Å². The van der Waals surface area contributed by atoms with Gasteiger partial charge in [0.2, 0.25) is 0 Å². The first kappa shape index (κ1) is 22.7. The van der Waals surface area contributed by atoms with E-state index in [0.29, 0.717) is 12.1 Å². The maximum Gasteiger partial charge on any atom is 0.251 e. The number of carbonyl (C=O) groups is 1. The third-order valence-electron chi connectivity index (χ3n) is 4.15. The van der Waals surface area contributed by atoms with Gasteiger partial charge in [0, 0.05) is 45.9 Å². The van der Waals surface area contributed by atoms with Crippen molar-refractivity contribution in [1.82, 2.24) is 15.5 Å². The fraction of sp³-hybridized carbons (Fsp3) is 0.579. The number of hydrogen-bond donors (Lipinski definition) is 2. The number of guanidine groups is 1. The van der Waals surface area contributed by atoms with Crippen LogP contribution in [0.1, 0.15) is 29.6 Å². The quantitative estimate of drug-likeness (QED) is 0.237. The summed E-state index contributed by atoms with van der Waals surface area (Å²) in [6.45, 7) is 3.82. The van der Waals surface area contributed by atoms with Gasteiger partial charge in [-0.05, 0) is 37.3 Å². The van der Waals surface area contributed by atoms with E-state index in [1.165, 1.54) is 12.8 Å². The molecule has 26 heavy (non-hydrogen) atoms. The van der Waals surface area contributed by atoms with Crippen LogP contribution in [-0.2, 0) is 4.74 Å². The van der Waals surface area contributed by atoms with Gasteiger partial charge in [0.25, 0.3) is 5.91 Å². The minimum absolute atomic E-state index is 0. The van der Waals surface area contributed by atoms with Gasteiger partial charge in [-0.3, -0.25) is 9.79 Å². The van der Waals surface area contributed by atoms with E-state index in [9.17, 15) is 4.79 Å². The molecule has 1 fully saturated rings. The zero-order valence-electron chi connectivity index (χ0n) is 15.7.